The van der Waals surface area contributed by atoms with Gasteiger partial charge >= 0.3 is 0 Å². The Balaban J connectivity index is 1.52. The lowest BCUT2D eigenvalue weighted by atomic mass is 10.0. The van der Waals surface area contributed by atoms with Crippen molar-refractivity contribution in [2.75, 3.05) is 5.32 Å². The van der Waals surface area contributed by atoms with Gasteiger partial charge < -0.3 is 14.6 Å². The first-order valence-corrected chi connectivity index (χ1v) is 10.3. The van der Waals surface area contributed by atoms with Gasteiger partial charge in [-0.1, -0.05) is 55.4 Å². The van der Waals surface area contributed by atoms with E-state index in [4.69, 9.17) is 9.26 Å². The van der Waals surface area contributed by atoms with Crippen LogP contribution in [0.4, 0.5) is 5.69 Å². The number of aryl methyl sites for hydroxylation is 1. The lowest BCUT2D eigenvalue weighted by Gasteiger charge is -2.09. The monoisotopic (exact) mass is 407 g/mol. The molecule has 1 amide bonds. The summed E-state index contributed by atoms with van der Waals surface area (Å²) in [6.07, 6.45) is 0.815. The number of hydrogen-bond donors (Lipinski definition) is 1. The Bertz CT molecular complexity index is 962. The van der Waals surface area contributed by atoms with Gasteiger partial charge in [0.25, 0.3) is 0 Å². The minimum atomic E-state index is -0.0991. The van der Waals surface area contributed by atoms with Crippen molar-refractivity contribution in [2.45, 2.75) is 59.2 Å². The Morgan fingerprint density at radius 2 is 1.87 bits per heavy atom. The number of aromatic nitrogens is 2. The first kappa shape index (κ1) is 21.7. The minimum Gasteiger partial charge on any atom is -0.374 e. The standard InChI is InChI=1S/C24H29N3O3/c1-16(2)19-8-10-20(11-9-19)24-26-23(30-27-24)13-12-22(28)25-21-7-5-6-18(14-21)15-29-17(3)4/h5-11,14,16-17H,12-13,15H2,1-4H3,(H,25,28). The van der Waals surface area contributed by atoms with Crippen LogP contribution in [0, 0.1) is 0 Å². The Morgan fingerprint density at radius 1 is 1.10 bits per heavy atom. The van der Waals surface area contributed by atoms with Crippen LogP contribution in [0.25, 0.3) is 11.4 Å². The highest BCUT2D eigenvalue weighted by Crippen LogP contribution is 2.21. The van der Waals surface area contributed by atoms with Gasteiger partial charge in [-0.25, -0.2) is 0 Å². The molecule has 0 fully saturated rings. The Kier molecular flexibility index (Phi) is 7.36. The molecule has 0 saturated heterocycles. The Morgan fingerprint density at radius 3 is 2.57 bits per heavy atom. The van der Waals surface area contributed by atoms with Crippen molar-refractivity contribution in [2.24, 2.45) is 0 Å². The zero-order valence-electron chi connectivity index (χ0n) is 18.0. The molecule has 0 aliphatic rings. The molecule has 1 aromatic heterocycles. The highest BCUT2D eigenvalue weighted by molar-refractivity contribution is 5.90. The quantitative estimate of drug-likeness (QED) is 0.517. The average Bonchev–Trinajstić information content (AvgIpc) is 3.20. The molecule has 0 atom stereocenters. The molecule has 6 nitrogen and oxygen atoms in total. The minimum absolute atomic E-state index is 0.0991. The molecule has 30 heavy (non-hydrogen) atoms. The van der Waals surface area contributed by atoms with Crippen LogP contribution in [0.3, 0.4) is 0 Å². The van der Waals surface area contributed by atoms with E-state index in [1.54, 1.807) is 0 Å². The number of nitrogens with zero attached hydrogens (tertiary/aromatic N) is 2. The van der Waals surface area contributed by atoms with Gasteiger partial charge in [0.15, 0.2) is 0 Å². The van der Waals surface area contributed by atoms with Crippen LogP contribution in [-0.4, -0.2) is 22.2 Å². The number of nitrogens with one attached hydrogen (secondary N) is 1. The average molecular weight is 408 g/mol. The number of benzene rings is 2. The molecule has 0 spiro atoms. The van der Waals surface area contributed by atoms with Crippen molar-refractivity contribution < 1.29 is 14.1 Å². The molecule has 0 unspecified atom stereocenters. The predicted octanol–water partition coefficient (Wildman–Crippen LogP) is 5.36. The molecule has 0 saturated carbocycles. The summed E-state index contributed by atoms with van der Waals surface area (Å²) in [6, 6.07) is 15.8. The van der Waals surface area contributed by atoms with Crippen molar-refractivity contribution in [3.05, 3.63) is 65.5 Å². The van der Waals surface area contributed by atoms with E-state index in [9.17, 15) is 4.79 Å². The predicted molar refractivity (Wildman–Crippen MR) is 117 cm³/mol. The maximum atomic E-state index is 12.3. The van der Waals surface area contributed by atoms with E-state index in [0.717, 1.165) is 16.8 Å². The van der Waals surface area contributed by atoms with Gasteiger partial charge in [-0.2, -0.15) is 4.98 Å². The van der Waals surface area contributed by atoms with Crippen molar-refractivity contribution in [3.8, 4) is 11.4 Å². The van der Waals surface area contributed by atoms with E-state index in [2.05, 4.69) is 41.4 Å². The van der Waals surface area contributed by atoms with E-state index in [1.807, 2.05) is 50.2 Å². The third-order valence-electron chi connectivity index (χ3n) is 4.66. The van der Waals surface area contributed by atoms with E-state index >= 15 is 0 Å². The number of hydrogen-bond acceptors (Lipinski definition) is 5. The third-order valence-corrected chi connectivity index (χ3v) is 4.66. The van der Waals surface area contributed by atoms with Crippen molar-refractivity contribution >= 4 is 11.6 Å². The van der Waals surface area contributed by atoms with Crippen LogP contribution in [0.2, 0.25) is 0 Å². The van der Waals surface area contributed by atoms with Crippen LogP contribution in [0.15, 0.2) is 53.1 Å². The zero-order valence-corrected chi connectivity index (χ0v) is 18.0. The number of carbonyl (C=O) groups is 1. The third kappa shape index (κ3) is 6.26. The number of carbonyl (C=O) groups excluding carboxylic acids is 1. The molecule has 3 aromatic rings. The van der Waals surface area contributed by atoms with E-state index in [-0.39, 0.29) is 18.4 Å². The fourth-order valence-electron chi connectivity index (χ4n) is 2.94. The summed E-state index contributed by atoms with van der Waals surface area (Å²) in [5.41, 5.74) is 3.94. The maximum Gasteiger partial charge on any atom is 0.227 e. The summed E-state index contributed by atoms with van der Waals surface area (Å²) in [6.45, 7) is 8.82. The van der Waals surface area contributed by atoms with Gasteiger partial charge in [-0.3, -0.25) is 4.79 Å². The number of rotatable bonds is 9. The molecule has 1 heterocycles. The normalized spacial score (nSPS) is 11.3. The van der Waals surface area contributed by atoms with Gasteiger partial charge in [0, 0.05) is 24.1 Å². The van der Waals surface area contributed by atoms with Gasteiger partial charge in [-0.15, -0.1) is 0 Å². The molecule has 158 valence electrons. The van der Waals surface area contributed by atoms with Gasteiger partial charge in [-0.05, 0) is 43.0 Å². The molecule has 3 rings (SSSR count). The van der Waals surface area contributed by atoms with Crippen LogP contribution >= 0.6 is 0 Å². The smallest absolute Gasteiger partial charge is 0.227 e. The largest absolute Gasteiger partial charge is 0.374 e. The SMILES string of the molecule is CC(C)OCc1cccc(NC(=O)CCc2nc(-c3ccc(C(C)C)cc3)no2)c1. The first-order chi connectivity index (χ1) is 14.4. The van der Waals surface area contributed by atoms with Gasteiger partial charge in [0.05, 0.1) is 12.7 Å². The van der Waals surface area contributed by atoms with Crippen LogP contribution < -0.4 is 5.32 Å². The molecule has 0 bridgehead atoms. The second-order valence-corrected chi connectivity index (χ2v) is 7.90. The Hall–Kier alpha value is -2.99. The fraction of sp³-hybridized carbons (Fsp3) is 0.375. The molecule has 0 aliphatic carbocycles. The van der Waals surface area contributed by atoms with Crippen molar-refractivity contribution in [3.63, 3.8) is 0 Å². The van der Waals surface area contributed by atoms with E-state index in [1.165, 1.54) is 5.56 Å². The Labute approximate surface area is 177 Å². The molecule has 6 heteroatoms. The first-order valence-electron chi connectivity index (χ1n) is 10.3. The van der Waals surface area contributed by atoms with E-state index < -0.39 is 0 Å². The highest BCUT2D eigenvalue weighted by Gasteiger charge is 2.12. The highest BCUT2D eigenvalue weighted by atomic mass is 16.5. The van der Waals surface area contributed by atoms with Crippen LogP contribution in [0.5, 0.6) is 0 Å². The summed E-state index contributed by atoms with van der Waals surface area (Å²) in [5.74, 6) is 1.37. The summed E-state index contributed by atoms with van der Waals surface area (Å²) in [4.78, 5) is 16.7. The van der Waals surface area contributed by atoms with Crippen LogP contribution in [-0.2, 0) is 22.6 Å². The second kappa shape index (κ2) is 10.2. The molecule has 0 radical (unpaired) electrons. The molecular formula is C24H29N3O3. The maximum absolute atomic E-state index is 12.3. The summed E-state index contributed by atoms with van der Waals surface area (Å²) >= 11 is 0. The lowest BCUT2D eigenvalue weighted by Crippen LogP contribution is -2.12. The molecule has 2 aromatic carbocycles. The molecule has 0 aliphatic heterocycles. The fourth-order valence-corrected chi connectivity index (χ4v) is 2.94. The molecule has 1 N–H and O–H groups in total. The summed E-state index contributed by atoms with van der Waals surface area (Å²) in [5, 5.41) is 6.95. The number of ether oxygens (including phenoxy) is 1. The lowest BCUT2D eigenvalue weighted by molar-refractivity contribution is -0.116. The molecular weight excluding hydrogens is 378 g/mol. The second-order valence-electron chi connectivity index (χ2n) is 7.90. The van der Waals surface area contributed by atoms with E-state index in [0.29, 0.717) is 30.7 Å². The van der Waals surface area contributed by atoms with Gasteiger partial charge in [0.1, 0.15) is 0 Å². The van der Waals surface area contributed by atoms with Crippen molar-refractivity contribution in [1.82, 2.24) is 10.1 Å². The van der Waals surface area contributed by atoms with Gasteiger partial charge in [0.2, 0.25) is 17.6 Å². The topological polar surface area (TPSA) is 77.2 Å². The zero-order chi connectivity index (χ0) is 21.5. The van der Waals surface area contributed by atoms with Crippen LogP contribution in [0.1, 0.15) is 57.1 Å². The van der Waals surface area contributed by atoms with Crippen molar-refractivity contribution in [1.29, 1.82) is 0 Å². The summed E-state index contributed by atoms with van der Waals surface area (Å²) < 4.78 is 10.9. The number of amides is 1. The number of anilines is 1. The summed E-state index contributed by atoms with van der Waals surface area (Å²) in [7, 11) is 0.